The number of ether oxygens (including phenoxy) is 3. The summed E-state index contributed by atoms with van der Waals surface area (Å²) in [6, 6.07) is 14.2. The summed E-state index contributed by atoms with van der Waals surface area (Å²) < 4.78 is 35.2. The number of nitrogens with one attached hydrogen (secondary N) is 1. The smallest absolute Gasteiger partial charge is 0.262 e. The van der Waals surface area contributed by atoms with Gasteiger partial charge in [0.1, 0.15) is 40.6 Å². The number of aromatic amines is 1. The van der Waals surface area contributed by atoms with Crippen LogP contribution in [-0.2, 0) is 15.2 Å². The molecule has 4 rings (SSSR count). The molecule has 0 aliphatic heterocycles. The van der Waals surface area contributed by atoms with Crippen molar-refractivity contribution in [2.24, 2.45) is 0 Å². The van der Waals surface area contributed by atoms with Crippen LogP contribution in [0.25, 0.3) is 33.7 Å². The van der Waals surface area contributed by atoms with Gasteiger partial charge in [-0.05, 0) is 42.4 Å². The average Bonchev–Trinajstić information content (AvgIpc) is 2.94. The number of fused-ring (bicyclic) bond motifs is 1. The molecule has 0 spiro atoms. The fourth-order valence-corrected chi connectivity index (χ4v) is 5.53. The largest absolute Gasteiger partial charge is 0.497 e. The molecule has 0 saturated heterocycles. The van der Waals surface area contributed by atoms with Gasteiger partial charge in [0.25, 0.3) is 5.56 Å². The minimum Gasteiger partial charge on any atom is -0.497 e. The third-order valence-corrected chi connectivity index (χ3v) is 12.8. The number of nitrogens with zero attached hydrogens (tertiary/aromatic N) is 2. The van der Waals surface area contributed by atoms with Crippen molar-refractivity contribution in [2.75, 3.05) is 33.7 Å². The van der Waals surface area contributed by atoms with E-state index in [1.165, 1.54) is 14.2 Å². The number of pyridine rings is 1. The van der Waals surface area contributed by atoms with Crippen LogP contribution in [0.4, 0.5) is 0 Å². The maximum absolute atomic E-state index is 13.1. The molecule has 2 heterocycles. The molecule has 1 atom stereocenters. The predicted molar refractivity (Wildman–Crippen MR) is 165 cm³/mol. The van der Waals surface area contributed by atoms with Crippen molar-refractivity contribution in [2.45, 2.75) is 43.8 Å². The molecule has 2 aromatic heterocycles. The quantitative estimate of drug-likeness (QED) is 0.181. The van der Waals surface area contributed by atoms with E-state index in [1.54, 1.807) is 36.6 Å². The Hall–Kier alpha value is -3.54. The van der Waals surface area contributed by atoms with E-state index < -0.39 is 19.1 Å². The van der Waals surface area contributed by atoms with Gasteiger partial charge in [0.15, 0.2) is 14.1 Å². The number of methoxy groups -OCH3 is 2. The standard InChI is InChI=1S/C30H37N3O6SSi/c1-30(2,3)41(7,8)39-16-15-38-24-14-13-22(31-27(24)19-9-11-21(12-10-19)40(6)35)28-32-23-17-20(36-4)18-25(37-5)26(23)29(34)33-28/h9-14,17-18H,15-16H2,1-8H3,(H,32,33,34). The van der Waals surface area contributed by atoms with E-state index in [1.807, 2.05) is 18.2 Å². The number of hydrogen-bond acceptors (Lipinski definition) is 8. The predicted octanol–water partition coefficient (Wildman–Crippen LogP) is 5.81. The molecule has 1 unspecified atom stereocenters. The third kappa shape index (κ3) is 6.69. The first-order chi connectivity index (χ1) is 19.3. The molecule has 0 aliphatic carbocycles. The zero-order valence-electron chi connectivity index (χ0n) is 24.8. The first-order valence-electron chi connectivity index (χ1n) is 13.2. The second-order valence-corrected chi connectivity index (χ2v) is 17.3. The highest BCUT2D eigenvalue weighted by atomic mass is 32.2. The Morgan fingerprint density at radius 2 is 1.63 bits per heavy atom. The van der Waals surface area contributed by atoms with E-state index >= 15 is 0 Å². The van der Waals surface area contributed by atoms with Gasteiger partial charge in [-0.1, -0.05) is 32.9 Å². The topological polar surface area (TPSA) is 113 Å². The first kappa shape index (κ1) is 30.4. The molecule has 2 aromatic carbocycles. The highest BCUT2D eigenvalue weighted by Crippen LogP contribution is 2.37. The van der Waals surface area contributed by atoms with Gasteiger partial charge in [-0.15, -0.1) is 0 Å². The number of aromatic nitrogens is 3. The summed E-state index contributed by atoms with van der Waals surface area (Å²) in [5.74, 6) is 1.73. The van der Waals surface area contributed by atoms with Crippen LogP contribution in [0.3, 0.4) is 0 Å². The molecule has 11 heteroatoms. The van der Waals surface area contributed by atoms with Gasteiger partial charge >= 0.3 is 0 Å². The minimum absolute atomic E-state index is 0.0975. The average molecular weight is 596 g/mol. The van der Waals surface area contributed by atoms with Crippen molar-refractivity contribution in [3.63, 3.8) is 0 Å². The first-order valence-corrected chi connectivity index (χ1v) is 17.7. The number of hydrogen-bond donors (Lipinski definition) is 1. The van der Waals surface area contributed by atoms with Crippen molar-refractivity contribution in [1.82, 2.24) is 15.0 Å². The Bertz CT molecular complexity index is 1630. The van der Waals surface area contributed by atoms with E-state index in [4.69, 9.17) is 23.6 Å². The maximum Gasteiger partial charge on any atom is 0.262 e. The van der Waals surface area contributed by atoms with Gasteiger partial charge in [0, 0.05) is 39.6 Å². The monoisotopic (exact) mass is 595 g/mol. The summed E-state index contributed by atoms with van der Waals surface area (Å²) in [5, 5.41) is 0.419. The summed E-state index contributed by atoms with van der Waals surface area (Å²) >= 11 is 0. The van der Waals surface area contributed by atoms with Gasteiger partial charge < -0.3 is 23.6 Å². The lowest BCUT2D eigenvalue weighted by Crippen LogP contribution is -2.41. The lowest BCUT2D eigenvalue weighted by atomic mass is 10.1. The molecule has 1 N–H and O–H groups in total. The molecular formula is C30H37N3O6SSi. The molecule has 0 aliphatic rings. The summed E-state index contributed by atoms with van der Waals surface area (Å²) in [6.07, 6.45) is 1.64. The Morgan fingerprint density at radius 1 is 0.927 bits per heavy atom. The van der Waals surface area contributed by atoms with Gasteiger partial charge in [-0.3, -0.25) is 9.00 Å². The van der Waals surface area contributed by atoms with E-state index in [0.29, 0.717) is 57.6 Å². The molecule has 9 nitrogen and oxygen atoms in total. The highest BCUT2D eigenvalue weighted by molar-refractivity contribution is 7.84. The van der Waals surface area contributed by atoms with E-state index in [2.05, 4.69) is 43.8 Å². The van der Waals surface area contributed by atoms with E-state index in [-0.39, 0.29) is 16.4 Å². The summed E-state index contributed by atoms with van der Waals surface area (Å²) in [4.78, 5) is 26.2. The molecule has 0 bridgehead atoms. The fraction of sp³-hybridized carbons (Fsp3) is 0.367. The van der Waals surface area contributed by atoms with Crippen LogP contribution in [0.15, 0.2) is 58.2 Å². The third-order valence-electron chi connectivity index (χ3n) is 7.37. The molecule has 41 heavy (non-hydrogen) atoms. The Labute approximate surface area is 243 Å². The summed E-state index contributed by atoms with van der Waals surface area (Å²) in [5.41, 5.74) is 1.85. The van der Waals surface area contributed by atoms with Crippen molar-refractivity contribution >= 4 is 30.0 Å². The lowest BCUT2D eigenvalue weighted by molar-refractivity contribution is 0.203. The molecule has 0 radical (unpaired) electrons. The minimum atomic E-state index is -1.92. The number of rotatable bonds is 10. The molecular weight excluding hydrogens is 558 g/mol. The van der Waals surface area contributed by atoms with Crippen LogP contribution in [0.2, 0.25) is 18.1 Å². The van der Waals surface area contributed by atoms with Gasteiger partial charge in [0.2, 0.25) is 0 Å². The van der Waals surface area contributed by atoms with E-state index in [9.17, 15) is 9.00 Å². The van der Waals surface area contributed by atoms with Gasteiger partial charge in [-0.25, -0.2) is 9.97 Å². The SMILES string of the molecule is COc1cc(OC)c2c(=O)[nH]c(-c3ccc(OCCO[Si](C)(C)C(C)(C)C)c(-c4ccc(S(C)=O)cc4)n3)nc2c1. The van der Waals surface area contributed by atoms with Crippen molar-refractivity contribution < 1.29 is 22.8 Å². The maximum atomic E-state index is 13.1. The molecule has 0 saturated carbocycles. The second kappa shape index (κ2) is 12.1. The van der Waals surface area contributed by atoms with E-state index in [0.717, 1.165) is 5.56 Å². The summed E-state index contributed by atoms with van der Waals surface area (Å²) in [6.45, 7) is 11.8. The Morgan fingerprint density at radius 3 is 2.24 bits per heavy atom. The van der Waals surface area contributed by atoms with Gasteiger partial charge in [0.05, 0.1) is 26.3 Å². The number of H-pyrrole nitrogens is 1. The summed E-state index contributed by atoms with van der Waals surface area (Å²) in [7, 11) is 0.00200. The van der Waals surface area contributed by atoms with Crippen molar-refractivity contribution in [1.29, 1.82) is 0 Å². The molecule has 4 aromatic rings. The second-order valence-electron chi connectivity index (χ2n) is 11.1. The van der Waals surface area contributed by atoms with Crippen LogP contribution in [-0.4, -0.2) is 61.2 Å². The zero-order valence-corrected chi connectivity index (χ0v) is 26.6. The van der Waals surface area contributed by atoms with Gasteiger partial charge in [-0.2, -0.15) is 0 Å². The number of benzene rings is 2. The van der Waals surface area contributed by atoms with Crippen LogP contribution in [0.1, 0.15) is 20.8 Å². The zero-order chi connectivity index (χ0) is 29.9. The normalized spacial score (nSPS) is 12.8. The van der Waals surface area contributed by atoms with Crippen LogP contribution in [0, 0.1) is 0 Å². The Kier molecular flexibility index (Phi) is 9.00. The van der Waals surface area contributed by atoms with Crippen LogP contribution in [0.5, 0.6) is 17.2 Å². The molecule has 218 valence electrons. The van der Waals surface area contributed by atoms with Crippen molar-refractivity contribution in [3.05, 3.63) is 58.9 Å². The molecule has 0 amide bonds. The molecule has 0 fully saturated rings. The van der Waals surface area contributed by atoms with Crippen LogP contribution < -0.4 is 19.8 Å². The lowest BCUT2D eigenvalue weighted by Gasteiger charge is -2.36. The van der Waals surface area contributed by atoms with Crippen LogP contribution >= 0.6 is 0 Å². The fourth-order valence-electron chi connectivity index (χ4n) is 3.98. The van der Waals surface area contributed by atoms with Crippen molar-refractivity contribution in [3.8, 4) is 40.0 Å². The Balaban J connectivity index is 1.73. The highest BCUT2D eigenvalue weighted by Gasteiger charge is 2.37.